The van der Waals surface area contributed by atoms with E-state index in [0.29, 0.717) is 0 Å². The normalized spacial score (nSPS) is 7.64. The van der Waals surface area contributed by atoms with Crippen LogP contribution in [-0.2, 0) is 0 Å². The van der Waals surface area contributed by atoms with E-state index >= 15 is 0 Å². The van der Waals surface area contributed by atoms with Gasteiger partial charge in [-0.3, -0.25) is 0 Å². The van der Waals surface area contributed by atoms with Crippen LogP contribution in [0.25, 0.3) is 0 Å². The van der Waals surface area contributed by atoms with Crippen molar-refractivity contribution in [3.05, 3.63) is 38.0 Å². The van der Waals surface area contributed by atoms with Gasteiger partial charge in [-0.15, -0.1) is 61.9 Å². The molecule has 2 heteroatoms. The van der Waals surface area contributed by atoms with Gasteiger partial charge in [-0.1, -0.05) is 15.8 Å². The highest BCUT2D eigenvalue weighted by Gasteiger charge is 2.09. The van der Waals surface area contributed by atoms with E-state index < -0.39 is 14.1 Å². The Hall–Kier alpha value is 0.482. The summed E-state index contributed by atoms with van der Waals surface area (Å²) in [5, 5.41) is 3.62. The highest BCUT2D eigenvalue weighted by atomic mass is 127. The van der Waals surface area contributed by atoms with Crippen molar-refractivity contribution in [2.75, 3.05) is 0 Å². The zero-order valence-corrected chi connectivity index (χ0v) is 10.4. The molecular formula is C9H16AlI. The van der Waals surface area contributed by atoms with Crippen molar-refractivity contribution in [3.8, 4) is 0 Å². The quantitative estimate of drug-likeness (QED) is 0.395. The van der Waals surface area contributed by atoms with Crippen LogP contribution in [-0.4, -0.2) is 14.1 Å². The SMILES string of the molecule is C=C[CH2][Al]([CH2]C=C)[CH2]C=C.I. The van der Waals surface area contributed by atoms with Crippen molar-refractivity contribution in [1.29, 1.82) is 0 Å². The predicted octanol–water partition coefficient (Wildman–Crippen LogP) is 3.66. The maximum atomic E-state index is 3.73. The van der Waals surface area contributed by atoms with Crippen LogP contribution in [0.4, 0.5) is 0 Å². The van der Waals surface area contributed by atoms with Crippen molar-refractivity contribution >= 4 is 38.1 Å². The van der Waals surface area contributed by atoms with Crippen LogP contribution in [0.1, 0.15) is 0 Å². The van der Waals surface area contributed by atoms with Gasteiger partial charge in [0.05, 0.1) is 0 Å². The largest absolute Gasteiger partial charge is 0.274 e. The monoisotopic (exact) mass is 278 g/mol. The summed E-state index contributed by atoms with van der Waals surface area (Å²) in [5.41, 5.74) is 0. The third kappa shape index (κ3) is 8.39. The van der Waals surface area contributed by atoms with Crippen LogP contribution in [0.3, 0.4) is 0 Å². The number of rotatable bonds is 6. The van der Waals surface area contributed by atoms with Crippen molar-refractivity contribution in [2.24, 2.45) is 0 Å². The molecule has 0 unspecified atom stereocenters. The lowest BCUT2D eigenvalue weighted by Crippen LogP contribution is -2.07. The summed E-state index contributed by atoms with van der Waals surface area (Å²) in [5.74, 6) is 0. The van der Waals surface area contributed by atoms with Crippen LogP contribution in [0.2, 0.25) is 15.8 Å². The molecule has 0 aliphatic heterocycles. The molecule has 0 saturated heterocycles. The van der Waals surface area contributed by atoms with E-state index in [1.165, 1.54) is 15.8 Å². The minimum absolute atomic E-state index is 0. The van der Waals surface area contributed by atoms with Crippen LogP contribution in [0, 0.1) is 0 Å². The molecule has 0 aromatic carbocycles. The fraction of sp³-hybridized carbons (Fsp3) is 0.333. The summed E-state index contributed by atoms with van der Waals surface area (Å²) in [6.07, 6.45) is 6.05. The molecule has 0 spiro atoms. The Morgan fingerprint density at radius 2 is 1.09 bits per heavy atom. The number of halogens is 1. The summed E-state index contributed by atoms with van der Waals surface area (Å²) in [6, 6.07) is 0. The van der Waals surface area contributed by atoms with Crippen molar-refractivity contribution < 1.29 is 0 Å². The Labute approximate surface area is 91.5 Å². The molecule has 0 nitrogen and oxygen atoms in total. The van der Waals surface area contributed by atoms with Crippen molar-refractivity contribution in [1.82, 2.24) is 0 Å². The summed E-state index contributed by atoms with van der Waals surface area (Å²) in [4.78, 5) is 0. The number of hydrogen-bond acceptors (Lipinski definition) is 0. The minimum Gasteiger partial charge on any atom is -0.107 e. The van der Waals surface area contributed by atoms with Gasteiger partial charge in [0.25, 0.3) is 14.1 Å². The van der Waals surface area contributed by atoms with Gasteiger partial charge >= 0.3 is 0 Å². The summed E-state index contributed by atoms with van der Waals surface area (Å²) in [6.45, 7) is 11.2. The predicted molar refractivity (Wildman–Crippen MR) is 66.2 cm³/mol. The Balaban J connectivity index is 0. The molecule has 0 radical (unpaired) electrons. The first-order chi connectivity index (χ1) is 4.85. The fourth-order valence-electron chi connectivity index (χ4n) is 0.996. The van der Waals surface area contributed by atoms with Crippen LogP contribution < -0.4 is 0 Å². The molecular weight excluding hydrogens is 262 g/mol. The average Bonchev–Trinajstić information content (AvgIpc) is 1.90. The lowest BCUT2D eigenvalue weighted by atomic mass is 10.7. The van der Waals surface area contributed by atoms with Gasteiger partial charge < -0.3 is 0 Å². The molecule has 0 aliphatic rings. The van der Waals surface area contributed by atoms with Gasteiger partial charge in [-0.2, -0.15) is 0 Å². The van der Waals surface area contributed by atoms with E-state index in [2.05, 4.69) is 19.7 Å². The molecule has 0 N–H and O–H groups in total. The first-order valence-electron chi connectivity index (χ1n) is 3.67. The summed E-state index contributed by atoms with van der Waals surface area (Å²) in [7, 11) is 0. The smallest absolute Gasteiger partial charge is 0.107 e. The lowest BCUT2D eigenvalue weighted by Gasteiger charge is -2.00. The van der Waals surface area contributed by atoms with Gasteiger partial charge in [0, 0.05) is 0 Å². The van der Waals surface area contributed by atoms with Crippen molar-refractivity contribution in [3.63, 3.8) is 0 Å². The zero-order chi connectivity index (χ0) is 7.82. The van der Waals surface area contributed by atoms with Crippen LogP contribution >= 0.6 is 24.0 Å². The molecule has 62 valence electrons. The van der Waals surface area contributed by atoms with E-state index in [4.69, 9.17) is 0 Å². The molecule has 0 aromatic rings. The standard InChI is InChI=1S/3C3H5.Al.HI/c3*1-3-2;;/h3*3H,1-2H2;;1H. The van der Waals surface area contributed by atoms with Gasteiger partial charge in [0.2, 0.25) is 0 Å². The Kier molecular flexibility index (Phi) is 13.4. The Morgan fingerprint density at radius 1 is 0.818 bits per heavy atom. The number of hydrogen-bond donors (Lipinski definition) is 0. The van der Waals surface area contributed by atoms with Gasteiger partial charge in [0.15, 0.2) is 0 Å². The molecule has 0 aliphatic carbocycles. The zero-order valence-electron chi connectivity index (χ0n) is 6.96. The van der Waals surface area contributed by atoms with Gasteiger partial charge in [-0.25, -0.2) is 0 Å². The minimum atomic E-state index is -0.588. The van der Waals surface area contributed by atoms with Crippen LogP contribution in [0.5, 0.6) is 0 Å². The molecule has 0 rings (SSSR count). The molecule has 0 bridgehead atoms. The molecule has 0 aromatic heterocycles. The van der Waals surface area contributed by atoms with Gasteiger partial charge in [-0.05, 0) is 0 Å². The fourth-order valence-corrected chi connectivity index (χ4v) is 2.99. The maximum Gasteiger partial charge on any atom is 0.274 e. The Morgan fingerprint density at radius 3 is 1.27 bits per heavy atom. The molecule has 0 amide bonds. The second kappa shape index (κ2) is 10.5. The highest BCUT2D eigenvalue weighted by Crippen LogP contribution is 2.06. The van der Waals surface area contributed by atoms with E-state index in [1.54, 1.807) is 0 Å². The summed E-state index contributed by atoms with van der Waals surface area (Å²) >= 11 is -0.588. The van der Waals surface area contributed by atoms with E-state index in [9.17, 15) is 0 Å². The Bertz CT molecular complexity index is 97.0. The summed E-state index contributed by atoms with van der Waals surface area (Å²) < 4.78 is 0. The first-order valence-corrected chi connectivity index (χ1v) is 6.12. The first kappa shape index (κ1) is 14.0. The van der Waals surface area contributed by atoms with Crippen molar-refractivity contribution in [2.45, 2.75) is 15.8 Å². The number of allylic oxidation sites excluding steroid dienone is 3. The van der Waals surface area contributed by atoms with Gasteiger partial charge in [0.1, 0.15) is 0 Å². The lowest BCUT2D eigenvalue weighted by molar-refractivity contribution is 1.45. The molecule has 0 heterocycles. The second-order valence-electron chi connectivity index (χ2n) is 2.44. The third-order valence-corrected chi connectivity index (χ3v) is 4.50. The topological polar surface area (TPSA) is 0 Å². The highest BCUT2D eigenvalue weighted by molar-refractivity contribution is 14.0. The van der Waals surface area contributed by atoms with E-state index in [-0.39, 0.29) is 24.0 Å². The average molecular weight is 278 g/mol. The second-order valence-corrected chi connectivity index (χ2v) is 5.59. The molecule has 11 heavy (non-hydrogen) atoms. The maximum absolute atomic E-state index is 3.73. The van der Waals surface area contributed by atoms with E-state index in [0.717, 1.165) is 0 Å². The molecule has 0 atom stereocenters. The third-order valence-electron chi connectivity index (χ3n) is 1.50. The van der Waals surface area contributed by atoms with E-state index in [1.807, 2.05) is 18.2 Å². The molecule has 0 fully saturated rings. The molecule has 0 saturated carbocycles. The van der Waals surface area contributed by atoms with Crippen LogP contribution in [0.15, 0.2) is 38.0 Å².